The fraction of sp³-hybridized carbons (Fsp3) is 0.562. The van der Waals surface area contributed by atoms with Crippen LogP contribution in [0.3, 0.4) is 0 Å². The molecule has 1 aromatic carbocycles. The lowest BCUT2D eigenvalue weighted by Crippen LogP contribution is -2.33. The molecule has 1 atom stereocenters. The lowest BCUT2D eigenvalue weighted by molar-refractivity contribution is -0.139. The fourth-order valence-corrected chi connectivity index (χ4v) is 2.67. The highest BCUT2D eigenvalue weighted by atomic mass is 19.4. The third kappa shape index (κ3) is 5.21. The maximum absolute atomic E-state index is 12.9. The Morgan fingerprint density at radius 1 is 1.30 bits per heavy atom. The summed E-state index contributed by atoms with van der Waals surface area (Å²) in [6, 6.07) is 4.78. The van der Waals surface area contributed by atoms with Crippen LogP contribution in [0.2, 0.25) is 0 Å². The van der Waals surface area contributed by atoms with Crippen molar-refractivity contribution in [3.05, 3.63) is 35.4 Å². The van der Waals surface area contributed by atoms with Gasteiger partial charge in [0.05, 0.1) is 17.8 Å². The smallest absolute Gasteiger partial charge is 0.387 e. The van der Waals surface area contributed by atoms with Gasteiger partial charge in [0.15, 0.2) is 0 Å². The summed E-state index contributed by atoms with van der Waals surface area (Å²) in [6.07, 6.45) is -1.88. The molecule has 0 saturated heterocycles. The van der Waals surface area contributed by atoms with Crippen molar-refractivity contribution >= 4 is 5.91 Å². The standard InChI is InChI=1S/C16H20F3NO3/c17-16(18,19)13-8-4-3-7-12(13)14(21)9-20-15(22)10-23-11-5-1-2-6-11/h3-4,7-8,11,14,21H,1-2,5-6,9-10H2,(H,20,22)/t14-/m1/s1. The Hall–Kier alpha value is -1.60. The molecule has 1 saturated carbocycles. The molecule has 7 heteroatoms. The second kappa shape index (κ2) is 7.79. The van der Waals surface area contributed by atoms with Crippen LogP contribution in [-0.4, -0.2) is 30.3 Å². The number of alkyl halides is 3. The van der Waals surface area contributed by atoms with Crippen molar-refractivity contribution in [2.24, 2.45) is 0 Å². The minimum Gasteiger partial charge on any atom is -0.387 e. The average Bonchev–Trinajstić information content (AvgIpc) is 3.03. The molecule has 0 bridgehead atoms. The molecular weight excluding hydrogens is 311 g/mol. The Morgan fingerprint density at radius 2 is 1.96 bits per heavy atom. The third-order valence-electron chi connectivity index (χ3n) is 3.87. The lowest BCUT2D eigenvalue weighted by atomic mass is 10.0. The summed E-state index contributed by atoms with van der Waals surface area (Å²) < 4.78 is 44.1. The first-order valence-electron chi connectivity index (χ1n) is 7.60. The van der Waals surface area contributed by atoms with E-state index in [1.807, 2.05) is 0 Å². The SMILES string of the molecule is O=C(COC1CCCC1)NC[C@@H](O)c1ccccc1C(F)(F)F. The molecule has 128 valence electrons. The third-order valence-corrected chi connectivity index (χ3v) is 3.87. The highest BCUT2D eigenvalue weighted by Gasteiger charge is 2.34. The highest BCUT2D eigenvalue weighted by Crippen LogP contribution is 2.34. The fourth-order valence-electron chi connectivity index (χ4n) is 2.67. The molecule has 0 aliphatic heterocycles. The van der Waals surface area contributed by atoms with Gasteiger partial charge < -0.3 is 15.2 Å². The lowest BCUT2D eigenvalue weighted by Gasteiger charge is -2.18. The van der Waals surface area contributed by atoms with E-state index < -0.39 is 23.8 Å². The van der Waals surface area contributed by atoms with Crippen molar-refractivity contribution in [3.63, 3.8) is 0 Å². The number of hydrogen-bond donors (Lipinski definition) is 2. The summed E-state index contributed by atoms with van der Waals surface area (Å²) in [5.74, 6) is -0.444. The van der Waals surface area contributed by atoms with E-state index >= 15 is 0 Å². The van der Waals surface area contributed by atoms with E-state index in [4.69, 9.17) is 4.74 Å². The van der Waals surface area contributed by atoms with Crippen molar-refractivity contribution in [3.8, 4) is 0 Å². The first-order chi connectivity index (χ1) is 10.9. The van der Waals surface area contributed by atoms with Gasteiger partial charge in [-0.2, -0.15) is 13.2 Å². The molecule has 0 unspecified atom stereocenters. The quantitative estimate of drug-likeness (QED) is 0.843. The maximum atomic E-state index is 12.9. The Morgan fingerprint density at radius 3 is 2.61 bits per heavy atom. The molecule has 1 amide bonds. The Balaban J connectivity index is 1.84. The van der Waals surface area contributed by atoms with Gasteiger partial charge >= 0.3 is 6.18 Å². The van der Waals surface area contributed by atoms with E-state index in [9.17, 15) is 23.1 Å². The van der Waals surface area contributed by atoms with Gasteiger partial charge in [-0.1, -0.05) is 31.0 Å². The van der Waals surface area contributed by atoms with Crippen LogP contribution in [0.5, 0.6) is 0 Å². The number of halogens is 3. The van der Waals surface area contributed by atoms with Gasteiger partial charge in [-0.05, 0) is 24.5 Å². The average molecular weight is 331 g/mol. The number of rotatable bonds is 6. The zero-order valence-electron chi connectivity index (χ0n) is 12.6. The molecule has 0 radical (unpaired) electrons. The number of amides is 1. The molecule has 0 spiro atoms. The van der Waals surface area contributed by atoms with Crippen molar-refractivity contribution < 1.29 is 27.8 Å². The summed E-state index contributed by atoms with van der Waals surface area (Å²) in [7, 11) is 0. The van der Waals surface area contributed by atoms with Gasteiger partial charge in [-0.15, -0.1) is 0 Å². The number of aliphatic hydroxyl groups excluding tert-OH is 1. The largest absolute Gasteiger partial charge is 0.416 e. The van der Waals surface area contributed by atoms with Gasteiger partial charge in [-0.25, -0.2) is 0 Å². The number of benzene rings is 1. The van der Waals surface area contributed by atoms with E-state index in [1.54, 1.807) is 0 Å². The summed E-state index contributed by atoms with van der Waals surface area (Å²) >= 11 is 0. The van der Waals surface area contributed by atoms with Gasteiger partial charge in [0.1, 0.15) is 6.61 Å². The van der Waals surface area contributed by atoms with Crippen LogP contribution in [0, 0.1) is 0 Å². The molecular formula is C16H20F3NO3. The minimum atomic E-state index is -4.55. The van der Waals surface area contributed by atoms with Crippen molar-refractivity contribution in [1.82, 2.24) is 5.32 Å². The Kier molecular flexibility index (Phi) is 6.01. The monoisotopic (exact) mass is 331 g/mol. The molecule has 2 N–H and O–H groups in total. The normalized spacial score (nSPS) is 17.2. The molecule has 1 aromatic rings. The van der Waals surface area contributed by atoms with Crippen molar-refractivity contribution in [1.29, 1.82) is 0 Å². The van der Waals surface area contributed by atoms with Crippen LogP contribution in [0.1, 0.15) is 42.9 Å². The number of hydrogen-bond acceptors (Lipinski definition) is 3. The summed E-state index contributed by atoms with van der Waals surface area (Å²) in [6.45, 7) is -0.432. The first-order valence-corrected chi connectivity index (χ1v) is 7.60. The predicted molar refractivity (Wildman–Crippen MR) is 77.6 cm³/mol. The first kappa shape index (κ1) is 17.7. The topological polar surface area (TPSA) is 58.6 Å². The zero-order valence-corrected chi connectivity index (χ0v) is 12.6. The molecule has 4 nitrogen and oxygen atoms in total. The van der Waals surface area contributed by atoms with E-state index in [1.165, 1.54) is 18.2 Å². The molecule has 1 aliphatic carbocycles. The van der Waals surface area contributed by atoms with E-state index in [2.05, 4.69) is 5.32 Å². The minimum absolute atomic E-state index is 0.0802. The highest BCUT2D eigenvalue weighted by molar-refractivity contribution is 5.77. The van der Waals surface area contributed by atoms with Gasteiger partial charge in [-0.3, -0.25) is 4.79 Å². The number of ether oxygens (including phenoxy) is 1. The van der Waals surface area contributed by atoms with Gasteiger partial charge in [0.25, 0.3) is 0 Å². The molecule has 0 aromatic heterocycles. The van der Waals surface area contributed by atoms with Gasteiger partial charge in [0.2, 0.25) is 5.91 Å². The predicted octanol–water partition coefficient (Wildman–Crippen LogP) is 2.81. The molecule has 1 fully saturated rings. The second-order valence-electron chi connectivity index (χ2n) is 5.62. The van der Waals surface area contributed by atoms with Crippen LogP contribution in [0.15, 0.2) is 24.3 Å². The Bertz CT molecular complexity index is 528. The van der Waals surface area contributed by atoms with Crippen LogP contribution < -0.4 is 5.32 Å². The van der Waals surface area contributed by atoms with Crippen LogP contribution >= 0.6 is 0 Å². The number of aliphatic hydroxyl groups is 1. The number of carbonyl (C=O) groups is 1. The van der Waals surface area contributed by atoms with E-state index in [0.29, 0.717) is 0 Å². The van der Waals surface area contributed by atoms with E-state index in [0.717, 1.165) is 31.7 Å². The Labute approximate surface area is 132 Å². The molecule has 0 heterocycles. The van der Waals surface area contributed by atoms with Crippen LogP contribution in [-0.2, 0) is 15.7 Å². The summed E-state index contributed by atoms with van der Waals surface area (Å²) in [4.78, 5) is 11.6. The number of carbonyl (C=O) groups excluding carboxylic acids is 1. The summed E-state index contributed by atoms with van der Waals surface area (Å²) in [5.41, 5.74) is -1.15. The summed E-state index contributed by atoms with van der Waals surface area (Å²) in [5, 5.41) is 12.3. The number of nitrogens with one attached hydrogen (secondary N) is 1. The zero-order chi connectivity index (χ0) is 16.9. The van der Waals surface area contributed by atoms with Gasteiger partial charge in [0, 0.05) is 6.54 Å². The second-order valence-corrected chi connectivity index (χ2v) is 5.62. The maximum Gasteiger partial charge on any atom is 0.416 e. The van der Waals surface area contributed by atoms with E-state index in [-0.39, 0.29) is 24.8 Å². The van der Waals surface area contributed by atoms with Crippen LogP contribution in [0.4, 0.5) is 13.2 Å². The molecule has 1 aliphatic rings. The van der Waals surface area contributed by atoms with Crippen LogP contribution in [0.25, 0.3) is 0 Å². The van der Waals surface area contributed by atoms with Crippen molar-refractivity contribution in [2.45, 2.75) is 44.1 Å². The molecule has 2 rings (SSSR count). The molecule has 23 heavy (non-hydrogen) atoms. The van der Waals surface area contributed by atoms with Crippen molar-refractivity contribution in [2.75, 3.05) is 13.2 Å².